The van der Waals surface area contributed by atoms with Crippen LogP contribution >= 0.6 is 11.6 Å². The summed E-state index contributed by atoms with van der Waals surface area (Å²) in [5, 5.41) is 0.265. The molecule has 0 aliphatic heterocycles. The lowest BCUT2D eigenvalue weighted by Gasteiger charge is -1.96. The van der Waals surface area contributed by atoms with Crippen molar-refractivity contribution in [2.45, 2.75) is 6.92 Å². The fourth-order valence-electron chi connectivity index (χ4n) is 0.859. The van der Waals surface area contributed by atoms with Gasteiger partial charge in [0.25, 0.3) is 0 Å². The minimum absolute atomic E-state index is 0.125. The van der Waals surface area contributed by atoms with Crippen LogP contribution in [0.25, 0.3) is 0 Å². The highest BCUT2D eigenvalue weighted by Crippen LogP contribution is 2.10. The molecule has 1 aromatic rings. The summed E-state index contributed by atoms with van der Waals surface area (Å²) in [6, 6.07) is 8.98. The van der Waals surface area contributed by atoms with Gasteiger partial charge in [-0.2, -0.15) is 0 Å². The SMILES string of the molecule is C/C=C(/Cl)C(=O)c1ccccc1. The van der Waals surface area contributed by atoms with Crippen molar-refractivity contribution in [1.82, 2.24) is 0 Å². The smallest absolute Gasteiger partial charge is 0.204 e. The van der Waals surface area contributed by atoms with Crippen molar-refractivity contribution in [3.05, 3.63) is 47.0 Å². The Bertz CT molecular complexity index is 301. The molecule has 0 aliphatic rings. The average molecular weight is 181 g/mol. The number of carbonyl (C=O) groups is 1. The van der Waals surface area contributed by atoms with Crippen LogP contribution in [0.4, 0.5) is 0 Å². The van der Waals surface area contributed by atoms with Crippen LogP contribution in [0.15, 0.2) is 41.4 Å². The standard InChI is InChI=1S/C10H9ClO/c1-2-9(11)10(12)8-6-4-3-5-7-8/h2-7H,1H3/b9-2+. The quantitative estimate of drug-likeness (QED) is 0.505. The third-order valence-electron chi connectivity index (χ3n) is 1.51. The molecular weight excluding hydrogens is 172 g/mol. The average Bonchev–Trinajstić information content (AvgIpc) is 2.17. The largest absolute Gasteiger partial charge is 0.288 e. The number of hydrogen-bond donors (Lipinski definition) is 0. The maximum atomic E-state index is 11.4. The Kier molecular flexibility index (Phi) is 3.06. The number of hydrogen-bond acceptors (Lipinski definition) is 1. The lowest BCUT2D eigenvalue weighted by atomic mass is 10.1. The summed E-state index contributed by atoms with van der Waals surface area (Å²) in [5.74, 6) is -0.125. The topological polar surface area (TPSA) is 17.1 Å². The number of allylic oxidation sites excluding steroid dienone is 2. The molecule has 62 valence electrons. The summed E-state index contributed by atoms with van der Waals surface area (Å²) in [5.41, 5.74) is 0.626. The molecule has 0 heterocycles. The maximum Gasteiger partial charge on any atom is 0.204 e. The van der Waals surface area contributed by atoms with Crippen molar-refractivity contribution >= 4 is 17.4 Å². The second kappa shape index (κ2) is 4.07. The zero-order valence-electron chi connectivity index (χ0n) is 6.75. The highest BCUT2D eigenvalue weighted by atomic mass is 35.5. The van der Waals surface area contributed by atoms with Crippen molar-refractivity contribution in [1.29, 1.82) is 0 Å². The molecule has 0 spiro atoms. The molecule has 0 aromatic heterocycles. The zero-order chi connectivity index (χ0) is 8.97. The molecular formula is C10H9ClO. The van der Waals surface area contributed by atoms with Crippen molar-refractivity contribution < 1.29 is 4.79 Å². The van der Waals surface area contributed by atoms with E-state index in [0.29, 0.717) is 5.56 Å². The summed E-state index contributed by atoms with van der Waals surface area (Å²) >= 11 is 5.66. The second-order valence-electron chi connectivity index (χ2n) is 2.33. The molecule has 0 bridgehead atoms. The number of halogens is 1. The second-order valence-corrected chi connectivity index (χ2v) is 2.74. The molecule has 0 fully saturated rings. The van der Waals surface area contributed by atoms with Crippen LogP contribution in [-0.4, -0.2) is 5.78 Å². The van der Waals surface area contributed by atoms with Gasteiger partial charge in [0.2, 0.25) is 5.78 Å². The molecule has 0 N–H and O–H groups in total. The third kappa shape index (κ3) is 1.95. The van der Waals surface area contributed by atoms with Crippen molar-refractivity contribution in [3.8, 4) is 0 Å². The van der Waals surface area contributed by atoms with Crippen molar-refractivity contribution in [2.24, 2.45) is 0 Å². The van der Waals surface area contributed by atoms with Crippen LogP contribution in [0.3, 0.4) is 0 Å². The highest BCUT2D eigenvalue weighted by Gasteiger charge is 2.06. The lowest BCUT2D eigenvalue weighted by Crippen LogP contribution is -1.97. The van der Waals surface area contributed by atoms with Crippen LogP contribution in [0, 0.1) is 0 Å². The van der Waals surface area contributed by atoms with Crippen LogP contribution in [0.2, 0.25) is 0 Å². The minimum Gasteiger partial charge on any atom is -0.288 e. The van der Waals surface area contributed by atoms with Gasteiger partial charge < -0.3 is 0 Å². The van der Waals surface area contributed by atoms with E-state index >= 15 is 0 Å². The molecule has 0 unspecified atom stereocenters. The zero-order valence-corrected chi connectivity index (χ0v) is 7.51. The molecule has 0 saturated heterocycles. The molecule has 0 atom stereocenters. The van der Waals surface area contributed by atoms with E-state index in [9.17, 15) is 4.79 Å². The van der Waals surface area contributed by atoms with Crippen molar-refractivity contribution in [3.63, 3.8) is 0 Å². The van der Waals surface area contributed by atoms with Gasteiger partial charge in [-0.25, -0.2) is 0 Å². The molecule has 0 saturated carbocycles. The summed E-state index contributed by atoms with van der Waals surface area (Å²) in [6.45, 7) is 1.74. The van der Waals surface area contributed by atoms with E-state index in [1.54, 1.807) is 25.1 Å². The monoisotopic (exact) mass is 180 g/mol. The Hall–Kier alpha value is -1.08. The summed E-state index contributed by atoms with van der Waals surface area (Å²) in [7, 11) is 0. The fourth-order valence-corrected chi connectivity index (χ4v) is 0.968. The Morgan fingerprint density at radius 1 is 1.33 bits per heavy atom. The normalized spacial score (nSPS) is 11.3. The van der Waals surface area contributed by atoms with Gasteiger partial charge in [-0.15, -0.1) is 0 Å². The van der Waals surface area contributed by atoms with Crippen molar-refractivity contribution in [2.75, 3.05) is 0 Å². The summed E-state index contributed by atoms with van der Waals surface area (Å²) in [4.78, 5) is 11.4. The molecule has 0 amide bonds. The van der Waals surface area contributed by atoms with E-state index in [2.05, 4.69) is 0 Å². The fraction of sp³-hybridized carbons (Fsp3) is 0.100. The summed E-state index contributed by atoms with van der Waals surface area (Å²) < 4.78 is 0. The minimum atomic E-state index is -0.125. The van der Waals surface area contributed by atoms with Gasteiger partial charge in [0.1, 0.15) is 0 Å². The summed E-state index contributed by atoms with van der Waals surface area (Å²) in [6.07, 6.45) is 1.59. The maximum absolute atomic E-state index is 11.4. The predicted octanol–water partition coefficient (Wildman–Crippen LogP) is 3.01. The van der Waals surface area contributed by atoms with E-state index in [4.69, 9.17) is 11.6 Å². The van der Waals surface area contributed by atoms with E-state index in [-0.39, 0.29) is 10.8 Å². The molecule has 0 aliphatic carbocycles. The van der Waals surface area contributed by atoms with Crippen LogP contribution in [0.5, 0.6) is 0 Å². The molecule has 2 heteroatoms. The molecule has 1 aromatic carbocycles. The van der Waals surface area contributed by atoms with Gasteiger partial charge in [-0.1, -0.05) is 48.0 Å². The molecule has 1 rings (SSSR count). The Balaban J connectivity index is 2.94. The van der Waals surface area contributed by atoms with Gasteiger partial charge in [-0.05, 0) is 6.92 Å². The van der Waals surface area contributed by atoms with E-state index in [1.165, 1.54) is 0 Å². The Morgan fingerprint density at radius 3 is 2.42 bits per heavy atom. The van der Waals surface area contributed by atoms with Gasteiger partial charge in [0.05, 0.1) is 5.03 Å². The molecule has 12 heavy (non-hydrogen) atoms. The number of ketones is 1. The number of carbonyl (C=O) groups excluding carboxylic acids is 1. The first-order valence-corrected chi connectivity index (χ1v) is 4.05. The third-order valence-corrected chi connectivity index (χ3v) is 1.90. The van der Waals surface area contributed by atoms with Gasteiger partial charge >= 0.3 is 0 Å². The molecule has 0 radical (unpaired) electrons. The van der Waals surface area contributed by atoms with E-state index in [0.717, 1.165) is 0 Å². The van der Waals surface area contributed by atoms with Crippen LogP contribution in [-0.2, 0) is 0 Å². The Morgan fingerprint density at radius 2 is 1.92 bits per heavy atom. The van der Waals surface area contributed by atoms with Gasteiger partial charge in [0.15, 0.2) is 0 Å². The van der Waals surface area contributed by atoms with Crippen LogP contribution in [0.1, 0.15) is 17.3 Å². The highest BCUT2D eigenvalue weighted by molar-refractivity contribution is 6.45. The van der Waals surface area contributed by atoms with E-state index in [1.807, 2.05) is 18.2 Å². The van der Waals surface area contributed by atoms with Gasteiger partial charge in [-0.3, -0.25) is 4.79 Å². The lowest BCUT2D eigenvalue weighted by molar-refractivity contribution is 0.104. The molecule has 1 nitrogen and oxygen atoms in total. The first-order valence-electron chi connectivity index (χ1n) is 3.67. The Labute approximate surface area is 76.7 Å². The first kappa shape index (κ1) is 9.01. The van der Waals surface area contributed by atoms with Crippen LogP contribution < -0.4 is 0 Å². The number of benzene rings is 1. The predicted molar refractivity (Wildman–Crippen MR) is 50.4 cm³/mol. The van der Waals surface area contributed by atoms with E-state index < -0.39 is 0 Å². The van der Waals surface area contributed by atoms with Gasteiger partial charge in [0, 0.05) is 5.56 Å². The number of Topliss-reactive ketones (excluding diaryl/α,β-unsaturated/α-hetero) is 1. The first-order chi connectivity index (χ1) is 5.75. The number of rotatable bonds is 2.